The van der Waals surface area contributed by atoms with Crippen molar-refractivity contribution < 1.29 is 9.53 Å². The molecule has 0 saturated carbocycles. The van der Waals surface area contributed by atoms with Crippen molar-refractivity contribution in [2.24, 2.45) is 0 Å². The number of carbonyl (C=O) groups excluding carboxylic acids is 1. The Morgan fingerprint density at radius 1 is 1.17 bits per heavy atom. The lowest BCUT2D eigenvalue weighted by atomic mass is 10.1. The van der Waals surface area contributed by atoms with Crippen LogP contribution in [0.4, 0.5) is 5.82 Å². The topological polar surface area (TPSA) is 58.6 Å². The molecule has 1 aromatic heterocycles. The molecular formula is C23H32N4O2. The Bertz CT molecular complexity index is 786. The zero-order valence-corrected chi connectivity index (χ0v) is 17.9. The van der Waals surface area contributed by atoms with Crippen molar-refractivity contribution in [3.63, 3.8) is 0 Å². The second-order valence-corrected chi connectivity index (χ2v) is 7.94. The van der Waals surface area contributed by atoms with Gasteiger partial charge in [0.1, 0.15) is 5.82 Å². The van der Waals surface area contributed by atoms with E-state index in [4.69, 9.17) is 9.72 Å². The molecule has 0 aliphatic carbocycles. The van der Waals surface area contributed by atoms with Crippen molar-refractivity contribution in [1.29, 1.82) is 0 Å². The zero-order chi connectivity index (χ0) is 20.8. The first-order valence-electron chi connectivity index (χ1n) is 10.5. The molecule has 2 aromatic rings. The van der Waals surface area contributed by atoms with Crippen molar-refractivity contribution in [1.82, 2.24) is 14.9 Å². The number of rotatable bonds is 7. The van der Waals surface area contributed by atoms with Crippen LogP contribution in [0.3, 0.4) is 0 Å². The highest BCUT2D eigenvalue weighted by atomic mass is 16.5. The quantitative estimate of drug-likeness (QED) is 0.660. The Morgan fingerprint density at radius 3 is 2.52 bits per heavy atom. The normalized spacial score (nSPS) is 21.0. The van der Waals surface area contributed by atoms with E-state index in [1.54, 1.807) is 6.20 Å². The highest BCUT2D eigenvalue weighted by Crippen LogP contribution is 2.25. The predicted octanol–water partition coefficient (Wildman–Crippen LogP) is 3.98. The Balaban J connectivity index is 1.68. The molecule has 1 aliphatic heterocycles. The number of piperazine rings is 1. The average molecular weight is 397 g/mol. The second kappa shape index (κ2) is 9.83. The van der Waals surface area contributed by atoms with Gasteiger partial charge in [-0.3, -0.25) is 9.69 Å². The molecule has 0 bridgehead atoms. The van der Waals surface area contributed by atoms with Gasteiger partial charge in [0, 0.05) is 44.3 Å². The first-order valence-corrected chi connectivity index (χ1v) is 10.5. The molecule has 1 saturated heterocycles. The van der Waals surface area contributed by atoms with Crippen LogP contribution in [0.1, 0.15) is 58.0 Å². The summed E-state index contributed by atoms with van der Waals surface area (Å²) in [4.78, 5) is 25.7. The van der Waals surface area contributed by atoms with Gasteiger partial charge in [-0.25, -0.2) is 9.97 Å². The maximum absolute atomic E-state index is 11.8. The summed E-state index contributed by atoms with van der Waals surface area (Å²) in [6, 6.07) is 13.2. The Hall–Kier alpha value is -2.47. The van der Waals surface area contributed by atoms with Crippen molar-refractivity contribution in [2.75, 3.05) is 18.0 Å². The summed E-state index contributed by atoms with van der Waals surface area (Å²) >= 11 is 0. The molecule has 6 heteroatoms. The molecular weight excluding hydrogens is 364 g/mol. The lowest BCUT2D eigenvalue weighted by molar-refractivity contribution is -0.149. The van der Waals surface area contributed by atoms with Gasteiger partial charge in [-0.15, -0.1) is 0 Å². The molecule has 0 radical (unpaired) electrons. The minimum Gasteiger partial charge on any atom is -0.454 e. The molecule has 3 atom stereocenters. The van der Waals surface area contributed by atoms with Gasteiger partial charge in [0.25, 0.3) is 0 Å². The number of anilines is 1. The number of ether oxygens (including phenoxy) is 1. The van der Waals surface area contributed by atoms with Crippen molar-refractivity contribution >= 4 is 11.8 Å². The van der Waals surface area contributed by atoms with E-state index < -0.39 is 6.10 Å². The first kappa shape index (κ1) is 21.2. The fourth-order valence-electron chi connectivity index (χ4n) is 4.07. The lowest BCUT2D eigenvalue weighted by Crippen LogP contribution is -2.56. The third-order valence-corrected chi connectivity index (χ3v) is 5.29. The standard InChI is InChI=1S/C23H32N4O2/c1-5-9-22(28)29-19(4)23-24-13-12-21(25-23)27-17(2)14-26(15-18(27)3)16-20-10-7-6-8-11-20/h6-8,10-13,17-19H,5,9,14-16H2,1-4H3/t17-,18+,19-/m0/s1. The summed E-state index contributed by atoms with van der Waals surface area (Å²) in [5.41, 5.74) is 1.34. The fourth-order valence-corrected chi connectivity index (χ4v) is 4.07. The number of carbonyl (C=O) groups is 1. The Morgan fingerprint density at radius 2 is 1.86 bits per heavy atom. The minimum atomic E-state index is -0.445. The van der Waals surface area contributed by atoms with Crippen LogP contribution in [-0.4, -0.2) is 46.0 Å². The van der Waals surface area contributed by atoms with Gasteiger partial charge in [-0.1, -0.05) is 37.3 Å². The van der Waals surface area contributed by atoms with E-state index in [-0.39, 0.29) is 5.97 Å². The summed E-state index contributed by atoms with van der Waals surface area (Å²) in [5.74, 6) is 1.25. The van der Waals surface area contributed by atoms with Crippen LogP contribution in [0.15, 0.2) is 42.6 Å². The summed E-state index contributed by atoms with van der Waals surface area (Å²) < 4.78 is 5.47. The fraction of sp³-hybridized carbons (Fsp3) is 0.522. The van der Waals surface area contributed by atoms with Gasteiger partial charge in [-0.05, 0) is 38.8 Å². The lowest BCUT2D eigenvalue weighted by Gasteiger charge is -2.45. The first-order chi connectivity index (χ1) is 14.0. The van der Waals surface area contributed by atoms with Gasteiger partial charge in [-0.2, -0.15) is 0 Å². The van der Waals surface area contributed by atoms with Crippen LogP contribution >= 0.6 is 0 Å². The Kier molecular flexibility index (Phi) is 7.20. The molecule has 29 heavy (non-hydrogen) atoms. The van der Waals surface area contributed by atoms with E-state index in [1.165, 1.54) is 5.56 Å². The highest BCUT2D eigenvalue weighted by Gasteiger charge is 2.31. The summed E-state index contributed by atoms with van der Waals surface area (Å²) in [5, 5.41) is 0. The number of aromatic nitrogens is 2. The number of nitrogens with zero attached hydrogens (tertiary/aromatic N) is 4. The van der Waals surface area contributed by atoms with E-state index in [0.717, 1.165) is 31.9 Å². The number of esters is 1. The minimum absolute atomic E-state index is 0.203. The molecule has 3 rings (SSSR count). The largest absolute Gasteiger partial charge is 0.454 e. The smallest absolute Gasteiger partial charge is 0.306 e. The van der Waals surface area contributed by atoms with Crippen LogP contribution in [0.2, 0.25) is 0 Å². The third kappa shape index (κ3) is 5.54. The Labute approximate surface area is 173 Å². The second-order valence-electron chi connectivity index (χ2n) is 7.94. The number of hydrogen-bond acceptors (Lipinski definition) is 6. The van der Waals surface area contributed by atoms with E-state index in [1.807, 2.05) is 19.9 Å². The van der Waals surface area contributed by atoms with Crippen LogP contribution in [0.5, 0.6) is 0 Å². The van der Waals surface area contributed by atoms with Gasteiger partial charge in [0.05, 0.1) is 0 Å². The van der Waals surface area contributed by atoms with E-state index in [0.29, 0.717) is 24.3 Å². The van der Waals surface area contributed by atoms with E-state index in [2.05, 4.69) is 59.0 Å². The van der Waals surface area contributed by atoms with Gasteiger partial charge >= 0.3 is 5.97 Å². The molecule has 0 amide bonds. The molecule has 0 spiro atoms. The van der Waals surface area contributed by atoms with Crippen LogP contribution in [0, 0.1) is 0 Å². The van der Waals surface area contributed by atoms with Gasteiger partial charge in [0.15, 0.2) is 11.9 Å². The van der Waals surface area contributed by atoms with Crippen molar-refractivity contribution in [3.8, 4) is 0 Å². The predicted molar refractivity (Wildman–Crippen MR) is 115 cm³/mol. The van der Waals surface area contributed by atoms with Crippen LogP contribution in [0.25, 0.3) is 0 Å². The summed E-state index contributed by atoms with van der Waals surface area (Å²) in [7, 11) is 0. The molecule has 1 aliphatic rings. The molecule has 1 aromatic carbocycles. The van der Waals surface area contributed by atoms with Crippen molar-refractivity contribution in [3.05, 3.63) is 54.0 Å². The summed E-state index contributed by atoms with van der Waals surface area (Å²) in [6.45, 7) is 11.2. The average Bonchev–Trinajstić information content (AvgIpc) is 2.68. The third-order valence-electron chi connectivity index (χ3n) is 5.29. The molecule has 6 nitrogen and oxygen atoms in total. The molecule has 0 N–H and O–H groups in total. The monoisotopic (exact) mass is 396 g/mol. The van der Waals surface area contributed by atoms with E-state index in [9.17, 15) is 4.79 Å². The SMILES string of the molecule is CCCC(=O)O[C@@H](C)c1nccc(N2[C@H](C)CN(Cc3ccccc3)C[C@@H]2C)n1. The zero-order valence-electron chi connectivity index (χ0n) is 17.9. The summed E-state index contributed by atoms with van der Waals surface area (Å²) in [6.07, 6.45) is 2.51. The molecule has 1 fully saturated rings. The molecule has 156 valence electrons. The van der Waals surface area contributed by atoms with Crippen LogP contribution in [-0.2, 0) is 16.1 Å². The van der Waals surface area contributed by atoms with E-state index >= 15 is 0 Å². The molecule has 0 unspecified atom stereocenters. The van der Waals surface area contributed by atoms with Crippen LogP contribution < -0.4 is 4.90 Å². The van der Waals surface area contributed by atoms with Crippen molar-refractivity contribution in [2.45, 2.75) is 65.3 Å². The molecule has 2 heterocycles. The highest BCUT2D eigenvalue weighted by molar-refractivity contribution is 5.69. The maximum atomic E-state index is 11.8. The van der Waals surface area contributed by atoms with Gasteiger partial charge < -0.3 is 9.64 Å². The maximum Gasteiger partial charge on any atom is 0.306 e. The number of benzene rings is 1. The number of hydrogen-bond donors (Lipinski definition) is 0. The van der Waals surface area contributed by atoms with Gasteiger partial charge in [0.2, 0.25) is 0 Å².